The molecular formula is C28H50N4O4S. The van der Waals surface area contributed by atoms with Gasteiger partial charge in [0.05, 0.1) is 0 Å². The summed E-state index contributed by atoms with van der Waals surface area (Å²) >= 11 is 1.45. The molecule has 0 aromatic heterocycles. The summed E-state index contributed by atoms with van der Waals surface area (Å²) in [5, 5.41) is 29.6. The number of nitrogens with one attached hydrogen (secondary N) is 1. The molecule has 212 valence electrons. The Bertz CT molecular complexity index is 764. The van der Waals surface area contributed by atoms with Crippen LogP contribution in [0.15, 0.2) is 16.6 Å². The van der Waals surface area contributed by atoms with Gasteiger partial charge in [-0.15, -0.1) is 0 Å². The van der Waals surface area contributed by atoms with E-state index in [1.54, 1.807) is 6.19 Å². The monoisotopic (exact) mass is 538 g/mol. The highest BCUT2D eigenvalue weighted by Crippen LogP contribution is 2.22. The number of nitrogens with zero attached hydrogens (tertiary/aromatic N) is 3. The number of carboxylic acids is 2. The molecule has 0 saturated carbocycles. The average molecular weight is 539 g/mol. The van der Waals surface area contributed by atoms with E-state index in [1.165, 1.54) is 80.6 Å². The van der Waals surface area contributed by atoms with Crippen LogP contribution in [0.25, 0.3) is 0 Å². The van der Waals surface area contributed by atoms with Crippen LogP contribution in [-0.2, 0) is 9.59 Å². The molecule has 3 atom stereocenters. The minimum atomic E-state index is -1.12. The number of guanidine groups is 1. The number of aliphatic imine (C=N–C) groups is 1. The normalized spacial score (nSPS) is 14.6. The number of hydrogen-bond donors (Lipinski definition) is 3. The van der Waals surface area contributed by atoms with E-state index in [0.29, 0.717) is 5.75 Å². The van der Waals surface area contributed by atoms with Gasteiger partial charge >= 0.3 is 11.9 Å². The van der Waals surface area contributed by atoms with Gasteiger partial charge in [0.25, 0.3) is 0 Å². The van der Waals surface area contributed by atoms with Gasteiger partial charge in [-0.3, -0.25) is 10.1 Å². The summed E-state index contributed by atoms with van der Waals surface area (Å²) in [4.78, 5) is 27.8. The molecule has 0 aliphatic carbocycles. The second-order valence-corrected chi connectivity index (χ2v) is 11.8. The third-order valence-corrected chi connectivity index (χ3v) is 7.38. The topological polar surface area (TPSA) is 126 Å². The molecule has 0 rings (SSSR count). The van der Waals surface area contributed by atoms with Crippen LogP contribution in [0.1, 0.15) is 92.4 Å². The van der Waals surface area contributed by atoms with E-state index in [9.17, 15) is 14.7 Å². The van der Waals surface area contributed by atoms with Crippen LogP contribution >= 0.6 is 11.8 Å². The lowest BCUT2D eigenvalue weighted by molar-refractivity contribution is -0.138. The highest BCUT2D eigenvalue weighted by Gasteiger charge is 2.19. The predicted octanol–water partition coefficient (Wildman–Crippen LogP) is 6.00. The Balaban J connectivity index is 4.34. The van der Waals surface area contributed by atoms with Crippen LogP contribution < -0.4 is 5.32 Å². The zero-order valence-electron chi connectivity index (χ0n) is 23.8. The lowest BCUT2D eigenvalue weighted by Crippen LogP contribution is -2.41. The summed E-state index contributed by atoms with van der Waals surface area (Å²) < 4.78 is 0. The van der Waals surface area contributed by atoms with Crippen molar-refractivity contribution in [3.63, 3.8) is 0 Å². The third-order valence-electron chi connectivity index (χ3n) is 6.43. The van der Waals surface area contributed by atoms with E-state index in [-0.39, 0.29) is 11.7 Å². The average Bonchev–Trinajstić information content (AvgIpc) is 2.79. The summed E-state index contributed by atoms with van der Waals surface area (Å²) in [6.07, 6.45) is 15.3. The predicted molar refractivity (Wildman–Crippen MR) is 154 cm³/mol. The van der Waals surface area contributed by atoms with Crippen molar-refractivity contribution in [2.75, 3.05) is 25.1 Å². The molecule has 0 amide bonds. The number of likely N-dealkylation sites (N-methyl/N-ethyl adjacent to an activating group) is 1. The Labute approximate surface area is 229 Å². The first-order chi connectivity index (χ1) is 17.5. The SMILES string of the molecule is C/C(=C\CSCC(N=C(NC#N)N(C)CC(=O)O)C(=O)O)CCCC(C)CCCC(C)CCCC(C)C. The Morgan fingerprint density at radius 1 is 1.03 bits per heavy atom. The highest BCUT2D eigenvalue weighted by molar-refractivity contribution is 7.99. The lowest BCUT2D eigenvalue weighted by Gasteiger charge is -2.19. The van der Waals surface area contributed by atoms with E-state index in [2.05, 4.69) is 51.0 Å². The molecule has 0 spiro atoms. The quantitative estimate of drug-likeness (QED) is 0.0430. The highest BCUT2D eigenvalue weighted by atomic mass is 32.2. The number of allylic oxidation sites excluding steroid dienone is 1. The fourth-order valence-corrected chi connectivity index (χ4v) is 5.03. The number of thioether (sulfide) groups is 1. The van der Waals surface area contributed by atoms with Gasteiger partial charge in [-0.25, -0.2) is 9.79 Å². The second kappa shape index (κ2) is 20.8. The molecule has 37 heavy (non-hydrogen) atoms. The molecule has 0 heterocycles. The van der Waals surface area contributed by atoms with Crippen molar-refractivity contribution in [3.8, 4) is 6.19 Å². The molecular weight excluding hydrogens is 488 g/mol. The fourth-order valence-electron chi connectivity index (χ4n) is 4.06. The molecule has 8 nitrogen and oxygen atoms in total. The number of aliphatic carboxylic acids is 2. The number of carboxylic acid groups (broad SMARTS) is 2. The standard InChI is InChI=1S/C28H50N4O4S/c1-21(2)10-7-11-22(3)12-8-13-23(4)14-9-15-24(5)16-17-37-19-25(27(35)36)31-28(30-20-29)32(6)18-26(33)34/h16,21-23,25H,7-15,17-19H2,1-6H3,(H,30,31)(H,33,34)(H,35,36)/b24-16+. The largest absolute Gasteiger partial charge is 0.480 e. The second-order valence-electron chi connectivity index (χ2n) is 10.7. The maximum absolute atomic E-state index is 11.6. The van der Waals surface area contributed by atoms with E-state index >= 15 is 0 Å². The Kier molecular flexibility index (Phi) is 19.6. The number of carbonyl (C=O) groups is 2. The summed E-state index contributed by atoms with van der Waals surface area (Å²) in [5.74, 6) is 1.00. The van der Waals surface area contributed by atoms with Crippen LogP contribution in [0.4, 0.5) is 0 Å². The van der Waals surface area contributed by atoms with Crippen molar-refractivity contribution in [1.82, 2.24) is 10.2 Å². The Morgan fingerprint density at radius 2 is 1.59 bits per heavy atom. The van der Waals surface area contributed by atoms with Gasteiger partial charge < -0.3 is 15.1 Å². The number of hydrogen-bond acceptors (Lipinski definition) is 5. The van der Waals surface area contributed by atoms with Gasteiger partial charge in [0.2, 0.25) is 5.96 Å². The van der Waals surface area contributed by atoms with Crippen molar-refractivity contribution < 1.29 is 19.8 Å². The van der Waals surface area contributed by atoms with Crippen LogP contribution in [0.3, 0.4) is 0 Å². The maximum atomic E-state index is 11.6. The minimum Gasteiger partial charge on any atom is -0.480 e. The van der Waals surface area contributed by atoms with Crippen molar-refractivity contribution in [2.24, 2.45) is 22.7 Å². The molecule has 0 bridgehead atoms. The van der Waals surface area contributed by atoms with Crippen LogP contribution in [0.2, 0.25) is 0 Å². The first-order valence-corrected chi connectivity index (χ1v) is 14.7. The van der Waals surface area contributed by atoms with E-state index < -0.39 is 24.5 Å². The molecule has 3 N–H and O–H groups in total. The summed E-state index contributed by atoms with van der Waals surface area (Å²) in [7, 11) is 1.44. The van der Waals surface area contributed by atoms with Crippen molar-refractivity contribution in [2.45, 2.75) is 98.4 Å². The maximum Gasteiger partial charge on any atom is 0.329 e. The number of nitriles is 1. The first kappa shape index (κ1) is 34.8. The van der Waals surface area contributed by atoms with Gasteiger partial charge in [0, 0.05) is 18.6 Å². The molecule has 0 aromatic carbocycles. The molecule has 0 aliphatic heterocycles. The Hall–Kier alpha value is -2.21. The van der Waals surface area contributed by atoms with Crippen LogP contribution in [0.5, 0.6) is 0 Å². The minimum absolute atomic E-state index is 0.0701. The van der Waals surface area contributed by atoms with E-state index in [1.807, 2.05) is 0 Å². The zero-order chi connectivity index (χ0) is 28.2. The fraction of sp³-hybridized carbons (Fsp3) is 0.786. The smallest absolute Gasteiger partial charge is 0.329 e. The molecule has 0 radical (unpaired) electrons. The van der Waals surface area contributed by atoms with E-state index in [0.717, 1.165) is 24.2 Å². The third kappa shape index (κ3) is 19.6. The van der Waals surface area contributed by atoms with Crippen molar-refractivity contribution >= 4 is 29.7 Å². The molecule has 3 unspecified atom stereocenters. The summed E-state index contributed by atoms with van der Waals surface area (Å²) in [6, 6.07) is -1.08. The van der Waals surface area contributed by atoms with Gasteiger partial charge in [0.15, 0.2) is 12.2 Å². The number of rotatable bonds is 20. The van der Waals surface area contributed by atoms with Crippen LogP contribution in [-0.4, -0.2) is 64.2 Å². The zero-order valence-corrected chi connectivity index (χ0v) is 24.6. The van der Waals surface area contributed by atoms with Crippen molar-refractivity contribution in [3.05, 3.63) is 11.6 Å². The first-order valence-electron chi connectivity index (χ1n) is 13.6. The Morgan fingerprint density at radius 3 is 2.11 bits per heavy atom. The molecule has 0 aromatic rings. The summed E-state index contributed by atoms with van der Waals surface area (Å²) in [5.41, 5.74) is 1.31. The molecule has 0 fully saturated rings. The molecule has 0 aliphatic rings. The van der Waals surface area contributed by atoms with Gasteiger partial charge in [-0.1, -0.05) is 84.3 Å². The summed E-state index contributed by atoms with van der Waals surface area (Å²) in [6.45, 7) is 11.1. The van der Waals surface area contributed by atoms with Crippen LogP contribution in [0, 0.1) is 29.2 Å². The molecule has 0 saturated heterocycles. The van der Waals surface area contributed by atoms with Gasteiger partial charge in [-0.05, 0) is 37.5 Å². The molecule has 9 heteroatoms. The van der Waals surface area contributed by atoms with E-state index in [4.69, 9.17) is 10.4 Å². The van der Waals surface area contributed by atoms with Gasteiger partial charge in [0.1, 0.15) is 6.54 Å². The van der Waals surface area contributed by atoms with Gasteiger partial charge in [-0.2, -0.15) is 17.0 Å². The lowest BCUT2D eigenvalue weighted by atomic mass is 9.91. The van der Waals surface area contributed by atoms with Crippen molar-refractivity contribution in [1.29, 1.82) is 5.26 Å².